The van der Waals surface area contributed by atoms with Gasteiger partial charge in [-0.15, -0.1) is 0 Å². The topological polar surface area (TPSA) is 9.23 Å². The van der Waals surface area contributed by atoms with Crippen molar-refractivity contribution in [3.8, 4) is 5.75 Å². The van der Waals surface area contributed by atoms with E-state index in [1.807, 2.05) is 0 Å². The van der Waals surface area contributed by atoms with Crippen LogP contribution in [-0.4, -0.2) is 12.8 Å². The van der Waals surface area contributed by atoms with Gasteiger partial charge in [0.25, 0.3) is 0 Å². The van der Waals surface area contributed by atoms with Gasteiger partial charge in [-0.1, -0.05) is 12.1 Å². The van der Waals surface area contributed by atoms with Gasteiger partial charge in [0.1, 0.15) is 11.9 Å². The third-order valence-corrected chi connectivity index (χ3v) is 3.23. The van der Waals surface area contributed by atoms with E-state index in [1.54, 1.807) is 24.3 Å². The smallest absolute Gasteiger partial charge is 0.387 e. The summed E-state index contributed by atoms with van der Waals surface area (Å²) in [6.07, 6.45) is 2.18. The second-order valence-corrected chi connectivity index (χ2v) is 4.40. The molecule has 94 valence electrons. The molecule has 0 aromatic heterocycles. The zero-order chi connectivity index (χ0) is 12.3. The molecule has 1 aromatic rings. The van der Waals surface area contributed by atoms with Crippen LogP contribution >= 0.6 is 0 Å². The Kier molecular flexibility index (Phi) is 3.92. The molecule has 0 amide bonds. The minimum atomic E-state index is -2.79. The van der Waals surface area contributed by atoms with Gasteiger partial charge in [-0.2, -0.15) is 8.78 Å². The molecular formula is C13H15F3O. The van der Waals surface area contributed by atoms with Gasteiger partial charge in [0.05, 0.1) is 0 Å². The number of alkyl halides is 3. The van der Waals surface area contributed by atoms with E-state index in [4.69, 9.17) is 0 Å². The minimum Gasteiger partial charge on any atom is -0.435 e. The van der Waals surface area contributed by atoms with Gasteiger partial charge in [0, 0.05) is 0 Å². The van der Waals surface area contributed by atoms with Gasteiger partial charge in [-0.25, -0.2) is 4.39 Å². The van der Waals surface area contributed by atoms with Crippen LogP contribution in [0, 0.1) is 0 Å². The van der Waals surface area contributed by atoms with Crippen LogP contribution in [0.3, 0.4) is 0 Å². The summed E-state index contributed by atoms with van der Waals surface area (Å²) >= 11 is 0. The average molecular weight is 244 g/mol. The highest BCUT2D eigenvalue weighted by Crippen LogP contribution is 2.34. The van der Waals surface area contributed by atoms with Crippen LogP contribution in [-0.2, 0) is 0 Å². The zero-order valence-corrected chi connectivity index (χ0v) is 9.41. The molecule has 1 nitrogen and oxygen atoms in total. The molecule has 0 aliphatic heterocycles. The first kappa shape index (κ1) is 12.3. The molecule has 0 atom stereocenters. The van der Waals surface area contributed by atoms with E-state index in [2.05, 4.69) is 4.74 Å². The van der Waals surface area contributed by atoms with Crippen LogP contribution in [0.1, 0.15) is 37.2 Å². The molecule has 0 heterocycles. The molecule has 0 unspecified atom stereocenters. The summed E-state index contributed by atoms with van der Waals surface area (Å²) in [7, 11) is 0. The molecule has 0 N–H and O–H groups in total. The third kappa shape index (κ3) is 3.38. The maximum Gasteiger partial charge on any atom is 0.387 e. The van der Waals surface area contributed by atoms with Crippen LogP contribution < -0.4 is 4.74 Å². The van der Waals surface area contributed by atoms with Crippen molar-refractivity contribution in [2.75, 3.05) is 0 Å². The van der Waals surface area contributed by atoms with Gasteiger partial charge in [-0.05, 0) is 49.3 Å². The molecule has 1 aromatic carbocycles. The fourth-order valence-corrected chi connectivity index (χ4v) is 2.31. The molecule has 1 aliphatic carbocycles. The average Bonchev–Trinajstić information content (AvgIpc) is 2.30. The van der Waals surface area contributed by atoms with Gasteiger partial charge in [0.2, 0.25) is 0 Å². The predicted octanol–water partition coefficient (Wildman–Crippen LogP) is 4.28. The monoisotopic (exact) mass is 244 g/mol. The Bertz CT molecular complexity index is 342. The van der Waals surface area contributed by atoms with E-state index in [1.165, 1.54) is 0 Å². The number of halogens is 3. The first-order valence-electron chi connectivity index (χ1n) is 5.84. The number of ether oxygens (including phenoxy) is 1. The predicted molar refractivity (Wildman–Crippen MR) is 59.2 cm³/mol. The van der Waals surface area contributed by atoms with Gasteiger partial charge < -0.3 is 4.74 Å². The van der Waals surface area contributed by atoms with E-state index in [0.717, 1.165) is 18.4 Å². The van der Waals surface area contributed by atoms with E-state index in [-0.39, 0.29) is 5.75 Å². The van der Waals surface area contributed by atoms with Crippen molar-refractivity contribution in [1.82, 2.24) is 0 Å². The summed E-state index contributed by atoms with van der Waals surface area (Å²) in [6.45, 7) is -2.79. The van der Waals surface area contributed by atoms with Crippen molar-refractivity contribution >= 4 is 0 Å². The second-order valence-electron chi connectivity index (χ2n) is 4.40. The molecule has 4 heteroatoms. The Balaban J connectivity index is 1.97. The molecule has 0 bridgehead atoms. The molecule has 0 radical (unpaired) electrons. The Hall–Kier alpha value is -1.19. The third-order valence-electron chi connectivity index (χ3n) is 3.23. The standard InChI is InChI=1S/C13H15F3O/c14-11-5-1-9(2-6-11)10-3-7-12(8-4-10)17-13(15)16/h3-4,7-9,11,13H,1-2,5-6H2. The first-order valence-corrected chi connectivity index (χ1v) is 5.84. The normalized spacial score (nSPS) is 24.9. The van der Waals surface area contributed by atoms with Gasteiger partial charge >= 0.3 is 6.61 Å². The highest BCUT2D eigenvalue weighted by Gasteiger charge is 2.21. The first-order chi connectivity index (χ1) is 8.15. The Labute approximate surface area is 98.6 Å². The maximum atomic E-state index is 13.0. The molecular weight excluding hydrogens is 229 g/mol. The highest BCUT2D eigenvalue weighted by molar-refractivity contribution is 5.29. The van der Waals surface area contributed by atoms with E-state index < -0.39 is 12.8 Å². The van der Waals surface area contributed by atoms with Crippen molar-refractivity contribution in [3.63, 3.8) is 0 Å². The second kappa shape index (κ2) is 5.43. The van der Waals surface area contributed by atoms with Crippen LogP contribution in [0.25, 0.3) is 0 Å². The zero-order valence-electron chi connectivity index (χ0n) is 9.41. The van der Waals surface area contributed by atoms with Gasteiger partial charge in [-0.3, -0.25) is 0 Å². The molecule has 1 aliphatic rings. The summed E-state index contributed by atoms with van der Waals surface area (Å²) in [5.74, 6) is 0.519. The van der Waals surface area contributed by atoms with E-state index in [9.17, 15) is 13.2 Å². The Morgan fingerprint density at radius 1 is 1.00 bits per heavy atom. The fraction of sp³-hybridized carbons (Fsp3) is 0.538. The number of benzene rings is 1. The number of hydrogen-bond donors (Lipinski definition) is 0. The van der Waals surface area contributed by atoms with E-state index >= 15 is 0 Å². The lowest BCUT2D eigenvalue weighted by molar-refractivity contribution is -0.0498. The summed E-state index contributed by atoms with van der Waals surface area (Å²) in [6, 6.07) is 6.67. The number of hydrogen-bond acceptors (Lipinski definition) is 1. The van der Waals surface area contributed by atoms with Gasteiger partial charge in [0.15, 0.2) is 0 Å². The Morgan fingerprint density at radius 2 is 1.59 bits per heavy atom. The lowest BCUT2D eigenvalue weighted by Crippen LogP contribution is -2.13. The van der Waals surface area contributed by atoms with Crippen molar-refractivity contribution in [2.45, 2.75) is 44.4 Å². The number of rotatable bonds is 3. The van der Waals surface area contributed by atoms with Crippen LogP contribution in [0.15, 0.2) is 24.3 Å². The molecule has 0 spiro atoms. The summed E-state index contributed by atoms with van der Waals surface area (Å²) in [5, 5.41) is 0. The molecule has 2 rings (SSSR count). The largest absolute Gasteiger partial charge is 0.435 e. The highest BCUT2D eigenvalue weighted by atomic mass is 19.3. The fourth-order valence-electron chi connectivity index (χ4n) is 2.31. The summed E-state index contributed by atoms with van der Waals surface area (Å²) in [4.78, 5) is 0. The SMILES string of the molecule is FC1CCC(c2ccc(OC(F)F)cc2)CC1. The van der Waals surface area contributed by atoms with Crippen molar-refractivity contribution < 1.29 is 17.9 Å². The molecule has 1 fully saturated rings. The van der Waals surface area contributed by atoms with Crippen molar-refractivity contribution in [2.24, 2.45) is 0 Å². The molecule has 0 saturated heterocycles. The quantitative estimate of drug-likeness (QED) is 0.771. The Morgan fingerprint density at radius 3 is 2.12 bits per heavy atom. The van der Waals surface area contributed by atoms with Crippen LogP contribution in [0.5, 0.6) is 5.75 Å². The lowest BCUT2D eigenvalue weighted by Gasteiger charge is -2.24. The molecule has 1 saturated carbocycles. The van der Waals surface area contributed by atoms with Crippen LogP contribution in [0.4, 0.5) is 13.2 Å². The van der Waals surface area contributed by atoms with E-state index in [0.29, 0.717) is 18.8 Å². The van der Waals surface area contributed by atoms with Crippen LogP contribution in [0.2, 0.25) is 0 Å². The van der Waals surface area contributed by atoms with Crippen molar-refractivity contribution in [1.29, 1.82) is 0 Å². The summed E-state index contributed by atoms with van der Waals surface area (Å²) < 4.78 is 41.2. The maximum absolute atomic E-state index is 13.0. The molecule has 17 heavy (non-hydrogen) atoms. The lowest BCUT2D eigenvalue weighted by atomic mass is 9.83. The van der Waals surface area contributed by atoms with Crippen molar-refractivity contribution in [3.05, 3.63) is 29.8 Å². The minimum absolute atomic E-state index is 0.169. The summed E-state index contributed by atoms with van der Waals surface area (Å²) in [5.41, 5.74) is 1.08.